The summed E-state index contributed by atoms with van der Waals surface area (Å²) in [5.41, 5.74) is 6.00. The molecule has 78 valence electrons. The summed E-state index contributed by atoms with van der Waals surface area (Å²) in [7, 11) is 0. The number of aryl methyl sites for hydroxylation is 1. The second-order valence-electron chi connectivity index (χ2n) is 3.27. The van der Waals surface area contributed by atoms with Crippen LogP contribution in [0.5, 0.6) is 0 Å². The van der Waals surface area contributed by atoms with E-state index < -0.39 is 0 Å². The Labute approximate surface area is 85.8 Å². The molecule has 0 aliphatic carbocycles. The van der Waals surface area contributed by atoms with Gasteiger partial charge in [-0.25, -0.2) is 4.98 Å². The number of aromatic nitrogens is 4. The van der Waals surface area contributed by atoms with E-state index in [0.29, 0.717) is 23.9 Å². The highest BCUT2D eigenvalue weighted by atomic mass is 16.1. The molecular weight excluding hydrogens is 194 g/mol. The quantitative estimate of drug-likeness (QED) is 0.716. The Morgan fingerprint density at radius 1 is 1.60 bits per heavy atom. The van der Waals surface area contributed by atoms with Crippen LogP contribution in [-0.2, 0) is 6.54 Å². The van der Waals surface area contributed by atoms with Gasteiger partial charge in [0.2, 0.25) is 0 Å². The maximum Gasteiger partial charge on any atom is 0.251 e. The van der Waals surface area contributed by atoms with Crippen LogP contribution in [0.4, 0.5) is 5.82 Å². The molecule has 15 heavy (non-hydrogen) atoms. The van der Waals surface area contributed by atoms with Gasteiger partial charge in [-0.15, -0.1) is 0 Å². The fraction of sp³-hybridized carbons (Fsp3) is 0.222. The van der Waals surface area contributed by atoms with E-state index >= 15 is 0 Å². The van der Waals surface area contributed by atoms with Crippen molar-refractivity contribution in [3.05, 3.63) is 40.2 Å². The van der Waals surface area contributed by atoms with Crippen molar-refractivity contribution in [2.24, 2.45) is 0 Å². The lowest BCUT2D eigenvalue weighted by molar-refractivity contribution is 0.653. The fourth-order valence-corrected chi connectivity index (χ4v) is 1.33. The number of anilines is 1. The van der Waals surface area contributed by atoms with Crippen molar-refractivity contribution in [3.63, 3.8) is 0 Å². The number of hydrogen-bond donors (Lipinski definition) is 2. The van der Waals surface area contributed by atoms with Gasteiger partial charge in [-0.2, -0.15) is 5.10 Å². The number of nitrogens with zero attached hydrogens (tertiary/aromatic N) is 3. The van der Waals surface area contributed by atoms with Gasteiger partial charge in [0.1, 0.15) is 11.6 Å². The predicted molar refractivity (Wildman–Crippen MR) is 55.3 cm³/mol. The van der Waals surface area contributed by atoms with Crippen molar-refractivity contribution in [2.45, 2.75) is 13.5 Å². The van der Waals surface area contributed by atoms with Crippen LogP contribution in [0.1, 0.15) is 11.5 Å². The average molecular weight is 205 g/mol. The number of rotatable bonds is 2. The van der Waals surface area contributed by atoms with Gasteiger partial charge in [0.15, 0.2) is 0 Å². The van der Waals surface area contributed by atoms with E-state index in [1.807, 2.05) is 0 Å². The first-order valence-corrected chi connectivity index (χ1v) is 4.49. The van der Waals surface area contributed by atoms with Crippen molar-refractivity contribution in [1.29, 1.82) is 0 Å². The second kappa shape index (κ2) is 3.56. The molecule has 2 rings (SSSR count). The lowest BCUT2D eigenvalue weighted by Gasteiger charge is -2.01. The maximum atomic E-state index is 11.2. The van der Waals surface area contributed by atoms with Crippen LogP contribution in [-0.4, -0.2) is 19.7 Å². The van der Waals surface area contributed by atoms with E-state index in [2.05, 4.69) is 15.1 Å². The first-order chi connectivity index (χ1) is 7.13. The maximum absolute atomic E-state index is 11.2. The van der Waals surface area contributed by atoms with Gasteiger partial charge in [0.25, 0.3) is 5.56 Å². The van der Waals surface area contributed by atoms with Gasteiger partial charge in [-0.3, -0.25) is 9.48 Å². The van der Waals surface area contributed by atoms with Crippen LogP contribution in [0.2, 0.25) is 0 Å². The van der Waals surface area contributed by atoms with Crippen molar-refractivity contribution in [2.75, 3.05) is 5.73 Å². The predicted octanol–water partition coefficient (Wildman–Crippen LogP) is -0.0947. The van der Waals surface area contributed by atoms with Gasteiger partial charge in [-0.05, 0) is 13.0 Å². The Morgan fingerprint density at radius 3 is 3.00 bits per heavy atom. The molecule has 0 amide bonds. The third-order valence-corrected chi connectivity index (χ3v) is 1.89. The molecule has 0 fully saturated rings. The summed E-state index contributed by atoms with van der Waals surface area (Å²) in [5, 5.41) is 4.00. The average Bonchev–Trinajstić information content (AvgIpc) is 2.49. The highest BCUT2D eigenvalue weighted by molar-refractivity contribution is 5.23. The Morgan fingerprint density at radius 2 is 2.40 bits per heavy atom. The Hall–Kier alpha value is -2.11. The molecule has 0 saturated heterocycles. The number of hydrogen-bond acceptors (Lipinski definition) is 4. The van der Waals surface area contributed by atoms with Gasteiger partial charge in [0, 0.05) is 18.0 Å². The van der Waals surface area contributed by atoms with E-state index in [0.717, 1.165) is 0 Å². The zero-order valence-corrected chi connectivity index (χ0v) is 8.27. The molecule has 0 bridgehead atoms. The minimum Gasteiger partial charge on any atom is -0.382 e. The minimum absolute atomic E-state index is 0.155. The lowest BCUT2D eigenvalue weighted by Crippen LogP contribution is -2.14. The molecular formula is C9H11N5O. The molecule has 2 aromatic heterocycles. The molecule has 3 N–H and O–H groups in total. The summed E-state index contributed by atoms with van der Waals surface area (Å²) in [4.78, 5) is 18.0. The van der Waals surface area contributed by atoms with E-state index in [-0.39, 0.29) is 5.56 Å². The lowest BCUT2D eigenvalue weighted by atomic mass is 10.4. The standard InChI is InChI=1S/C9H11N5O/c1-6-4-9(15)12-8(11-6)5-14-3-2-7(10)13-14/h2-4H,5H2,1H3,(H2,10,13)(H,11,12,15). The number of H-pyrrole nitrogens is 1. The molecule has 0 radical (unpaired) electrons. The van der Waals surface area contributed by atoms with E-state index in [4.69, 9.17) is 5.73 Å². The first kappa shape index (κ1) is 9.45. The number of nitrogens with two attached hydrogens (primary N) is 1. The smallest absolute Gasteiger partial charge is 0.251 e. The molecule has 0 aromatic carbocycles. The Bertz CT molecular complexity index is 527. The van der Waals surface area contributed by atoms with Gasteiger partial charge in [-0.1, -0.05) is 0 Å². The van der Waals surface area contributed by atoms with Gasteiger partial charge >= 0.3 is 0 Å². The Kier molecular flexibility index (Phi) is 2.24. The van der Waals surface area contributed by atoms with Crippen molar-refractivity contribution in [3.8, 4) is 0 Å². The third kappa shape index (κ3) is 2.22. The molecule has 0 spiro atoms. The van der Waals surface area contributed by atoms with Crippen molar-refractivity contribution >= 4 is 5.82 Å². The summed E-state index contributed by atoms with van der Waals surface area (Å²) in [5.74, 6) is 1.02. The third-order valence-electron chi connectivity index (χ3n) is 1.89. The fourth-order valence-electron chi connectivity index (χ4n) is 1.33. The largest absolute Gasteiger partial charge is 0.382 e. The molecule has 0 atom stereocenters. The molecule has 0 unspecified atom stereocenters. The minimum atomic E-state index is -0.155. The molecule has 0 aliphatic rings. The highest BCUT2D eigenvalue weighted by Gasteiger charge is 2.00. The van der Waals surface area contributed by atoms with Crippen LogP contribution in [0.15, 0.2) is 23.1 Å². The zero-order chi connectivity index (χ0) is 10.8. The SMILES string of the molecule is Cc1cc(=O)[nH]c(Cn2ccc(N)n2)n1. The molecule has 0 saturated carbocycles. The molecule has 6 nitrogen and oxygen atoms in total. The number of nitrogen functional groups attached to an aromatic ring is 1. The van der Waals surface area contributed by atoms with Crippen LogP contribution < -0.4 is 11.3 Å². The van der Waals surface area contributed by atoms with Crippen molar-refractivity contribution < 1.29 is 0 Å². The topological polar surface area (TPSA) is 89.6 Å². The monoisotopic (exact) mass is 205 g/mol. The van der Waals surface area contributed by atoms with E-state index in [1.54, 1.807) is 23.9 Å². The van der Waals surface area contributed by atoms with Gasteiger partial charge < -0.3 is 10.7 Å². The zero-order valence-electron chi connectivity index (χ0n) is 8.27. The summed E-state index contributed by atoms with van der Waals surface area (Å²) < 4.78 is 1.62. The van der Waals surface area contributed by atoms with E-state index in [1.165, 1.54) is 6.07 Å². The summed E-state index contributed by atoms with van der Waals surface area (Å²) in [6.45, 7) is 2.18. The summed E-state index contributed by atoms with van der Waals surface area (Å²) in [6, 6.07) is 3.13. The van der Waals surface area contributed by atoms with Crippen LogP contribution in [0.25, 0.3) is 0 Å². The van der Waals surface area contributed by atoms with E-state index in [9.17, 15) is 4.79 Å². The highest BCUT2D eigenvalue weighted by Crippen LogP contribution is 1.98. The number of aromatic amines is 1. The molecule has 0 aliphatic heterocycles. The molecule has 2 heterocycles. The molecule has 2 aromatic rings. The normalized spacial score (nSPS) is 10.5. The summed E-state index contributed by atoms with van der Waals surface area (Å²) >= 11 is 0. The van der Waals surface area contributed by atoms with Crippen LogP contribution in [0.3, 0.4) is 0 Å². The van der Waals surface area contributed by atoms with Crippen LogP contribution >= 0.6 is 0 Å². The van der Waals surface area contributed by atoms with Crippen LogP contribution in [0, 0.1) is 6.92 Å². The summed E-state index contributed by atoms with van der Waals surface area (Å²) in [6.07, 6.45) is 1.73. The van der Waals surface area contributed by atoms with Gasteiger partial charge in [0.05, 0.1) is 6.54 Å². The Balaban J connectivity index is 2.28. The second-order valence-corrected chi connectivity index (χ2v) is 3.27. The van der Waals surface area contributed by atoms with Crippen molar-refractivity contribution in [1.82, 2.24) is 19.7 Å². The number of nitrogens with one attached hydrogen (secondary N) is 1. The first-order valence-electron chi connectivity index (χ1n) is 4.49. The molecule has 6 heteroatoms.